The van der Waals surface area contributed by atoms with Gasteiger partial charge in [-0.15, -0.1) is 0 Å². The van der Waals surface area contributed by atoms with Gasteiger partial charge in [-0.05, 0) is 30.5 Å². The van der Waals surface area contributed by atoms with E-state index in [1.54, 1.807) is 12.4 Å². The highest BCUT2D eigenvalue weighted by molar-refractivity contribution is 5.15. The van der Waals surface area contributed by atoms with Crippen LogP contribution in [-0.2, 0) is 0 Å². The highest BCUT2D eigenvalue weighted by atomic mass is 16.3. The Hall–Kier alpha value is -0.970. The lowest BCUT2D eigenvalue weighted by Crippen LogP contribution is -2.41. The molecule has 1 aliphatic heterocycles. The van der Waals surface area contributed by atoms with Gasteiger partial charge in [-0.3, -0.25) is 9.88 Å². The van der Waals surface area contributed by atoms with E-state index in [-0.39, 0.29) is 12.1 Å². The fourth-order valence-corrected chi connectivity index (χ4v) is 2.28. The minimum atomic E-state index is -0.132. The molecule has 88 valence electrons. The van der Waals surface area contributed by atoms with Crippen LogP contribution in [-0.4, -0.2) is 40.7 Å². The van der Waals surface area contributed by atoms with E-state index < -0.39 is 0 Å². The molecule has 0 bridgehead atoms. The van der Waals surface area contributed by atoms with Crippen LogP contribution >= 0.6 is 0 Å². The molecular formula is C12H19N3O. The first-order valence-corrected chi connectivity index (χ1v) is 5.83. The van der Waals surface area contributed by atoms with E-state index in [4.69, 9.17) is 5.73 Å². The molecule has 1 aliphatic rings. The van der Waals surface area contributed by atoms with Gasteiger partial charge in [-0.25, -0.2) is 0 Å². The maximum atomic E-state index is 9.48. The molecule has 0 amide bonds. The summed E-state index contributed by atoms with van der Waals surface area (Å²) in [6, 6.07) is 4.29. The second-order valence-electron chi connectivity index (χ2n) is 4.30. The lowest BCUT2D eigenvalue weighted by molar-refractivity contribution is 0.0622. The highest BCUT2D eigenvalue weighted by Crippen LogP contribution is 2.23. The average Bonchev–Trinajstić information content (AvgIpc) is 2.34. The van der Waals surface area contributed by atoms with Gasteiger partial charge < -0.3 is 10.8 Å². The molecule has 1 aromatic heterocycles. The molecule has 2 rings (SSSR count). The van der Waals surface area contributed by atoms with E-state index in [0.29, 0.717) is 6.54 Å². The fourth-order valence-electron chi connectivity index (χ4n) is 2.28. The summed E-state index contributed by atoms with van der Waals surface area (Å²) >= 11 is 0. The predicted molar refractivity (Wildman–Crippen MR) is 62.8 cm³/mol. The summed E-state index contributed by atoms with van der Waals surface area (Å²) in [5, 5.41) is 9.48. The zero-order chi connectivity index (χ0) is 11.4. The van der Waals surface area contributed by atoms with Crippen LogP contribution in [0.1, 0.15) is 24.4 Å². The molecule has 2 heterocycles. The van der Waals surface area contributed by atoms with E-state index in [1.807, 2.05) is 12.1 Å². The van der Waals surface area contributed by atoms with Crippen LogP contribution in [0.5, 0.6) is 0 Å². The number of hydrogen-bond donors (Lipinski definition) is 2. The molecule has 4 nitrogen and oxygen atoms in total. The zero-order valence-electron chi connectivity index (χ0n) is 9.42. The van der Waals surface area contributed by atoms with E-state index in [2.05, 4.69) is 9.88 Å². The highest BCUT2D eigenvalue weighted by Gasteiger charge is 2.23. The smallest absolute Gasteiger partial charge is 0.0564 e. The van der Waals surface area contributed by atoms with Crippen molar-refractivity contribution >= 4 is 0 Å². The molecule has 0 saturated carbocycles. The van der Waals surface area contributed by atoms with Crippen molar-refractivity contribution in [2.45, 2.75) is 25.0 Å². The maximum Gasteiger partial charge on any atom is 0.0564 e. The summed E-state index contributed by atoms with van der Waals surface area (Å²) in [5.74, 6) is 0. The number of nitrogens with two attached hydrogens (primary N) is 1. The molecule has 1 fully saturated rings. The van der Waals surface area contributed by atoms with Crippen molar-refractivity contribution in [2.24, 2.45) is 5.73 Å². The molecular weight excluding hydrogens is 202 g/mol. The molecule has 0 aliphatic carbocycles. The van der Waals surface area contributed by atoms with Crippen LogP contribution in [0.4, 0.5) is 0 Å². The Balaban J connectivity index is 2.05. The Morgan fingerprint density at radius 3 is 2.56 bits per heavy atom. The molecule has 3 N–H and O–H groups in total. The van der Waals surface area contributed by atoms with Gasteiger partial charge in [0.05, 0.1) is 6.10 Å². The first-order valence-electron chi connectivity index (χ1n) is 5.83. The predicted octanol–water partition coefficient (Wildman–Crippen LogP) is 0.538. The third-order valence-electron chi connectivity index (χ3n) is 3.25. The molecule has 1 unspecified atom stereocenters. The van der Waals surface area contributed by atoms with Crippen molar-refractivity contribution in [1.29, 1.82) is 0 Å². The Kier molecular flexibility index (Phi) is 3.88. The van der Waals surface area contributed by atoms with E-state index >= 15 is 0 Å². The van der Waals surface area contributed by atoms with Gasteiger partial charge >= 0.3 is 0 Å². The normalized spacial score (nSPS) is 20.9. The first-order chi connectivity index (χ1) is 7.81. The van der Waals surface area contributed by atoms with Crippen molar-refractivity contribution < 1.29 is 5.11 Å². The van der Waals surface area contributed by atoms with Gasteiger partial charge in [0.15, 0.2) is 0 Å². The van der Waals surface area contributed by atoms with Gasteiger partial charge in [0.25, 0.3) is 0 Å². The van der Waals surface area contributed by atoms with Crippen LogP contribution in [0.15, 0.2) is 24.5 Å². The van der Waals surface area contributed by atoms with Crippen LogP contribution in [0, 0.1) is 0 Å². The van der Waals surface area contributed by atoms with Gasteiger partial charge in [0.1, 0.15) is 0 Å². The minimum absolute atomic E-state index is 0.132. The average molecular weight is 221 g/mol. The van der Waals surface area contributed by atoms with Crippen molar-refractivity contribution in [3.8, 4) is 0 Å². The van der Waals surface area contributed by atoms with Crippen LogP contribution < -0.4 is 5.73 Å². The van der Waals surface area contributed by atoms with Crippen LogP contribution in [0.25, 0.3) is 0 Å². The summed E-state index contributed by atoms with van der Waals surface area (Å²) in [6.07, 6.45) is 5.17. The number of hydrogen-bond acceptors (Lipinski definition) is 4. The molecule has 16 heavy (non-hydrogen) atoms. The summed E-state index contributed by atoms with van der Waals surface area (Å²) in [5.41, 5.74) is 7.06. The SMILES string of the molecule is NCC(c1ccncc1)N1CCC(O)CC1. The lowest BCUT2D eigenvalue weighted by atomic mass is 10.0. The Morgan fingerprint density at radius 1 is 1.38 bits per heavy atom. The van der Waals surface area contributed by atoms with Gasteiger partial charge in [-0.2, -0.15) is 0 Å². The van der Waals surface area contributed by atoms with Gasteiger partial charge in [-0.1, -0.05) is 0 Å². The van der Waals surface area contributed by atoms with Crippen molar-refractivity contribution in [2.75, 3.05) is 19.6 Å². The summed E-state index contributed by atoms with van der Waals surface area (Å²) in [7, 11) is 0. The molecule has 4 heteroatoms. The lowest BCUT2D eigenvalue weighted by Gasteiger charge is -2.35. The number of nitrogens with zero attached hydrogens (tertiary/aromatic N) is 2. The summed E-state index contributed by atoms with van der Waals surface area (Å²) in [6.45, 7) is 2.46. The molecule has 0 aromatic carbocycles. The second-order valence-corrected chi connectivity index (χ2v) is 4.30. The third-order valence-corrected chi connectivity index (χ3v) is 3.25. The van der Waals surface area contributed by atoms with Crippen molar-refractivity contribution in [3.63, 3.8) is 0 Å². The van der Waals surface area contributed by atoms with Gasteiger partial charge in [0, 0.05) is 38.1 Å². The minimum Gasteiger partial charge on any atom is -0.393 e. The topological polar surface area (TPSA) is 62.4 Å². The number of likely N-dealkylation sites (tertiary alicyclic amines) is 1. The maximum absolute atomic E-state index is 9.48. The molecule has 1 saturated heterocycles. The number of aliphatic hydroxyl groups excluding tert-OH is 1. The molecule has 1 aromatic rings. The number of aliphatic hydroxyl groups is 1. The number of aromatic nitrogens is 1. The fraction of sp³-hybridized carbons (Fsp3) is 0.583. The van der Waals surface area contributed by atoms with E-state index in [9.17, 15) is 5.11 Å². The van der Waals surface area contributed by atoms with E-state index in [0.717, 1.165) is 25.9 Å². The number of pyridine rings is 1. The third kappa shape index (κ3) is 2.58. The quantitative estimate of drug-likeness (QED) is 0.782. The first kappa shape index (κ1) is 11.5. The Bertz CT molecular complexity index is 309. The number of rotatable bonds is 3. The van der Waals surface area contributed by atoms with Crippen LogP contribution in [0.2, 0.25) is 0 Å². The van der Waals surface area contributed by atoms with Gasteiger partial charge in [0.2, 0.25) is 0 Å². The van der Waals surface area contributed by atoms with Crippen molar-refractivity contribution in [3.05, 3.63) is 30.1 Å². The molecule has 0 spiro atoms. The van der Waals surface area contributed by atoms with Crippen LogP contribution in [0.3, 0.4) is 0 Å². The molecule has 1 atom stereocenters. The van der Waals surface area contributed by atoms with E-state index in [1.165, 1.54) is 5.56 Å². The Morgan fingerprint density at radius 2 is 2.00 bits per heavy atom. The second kappa shape index (κ2) is 5.39. The number of piperidine rings is 1. The zero-order valence-corrected chi connectivity index (χ0v) is 9.42. The summed E-state index contributed by atoms with van der Waals surface area (Å²) in [4.78, 5) is 6.37. The van der Waals surface area contributed by atoms with Crippen molar-refractivity contribution in [1.82, 2.24) is 9.88 Å². The Labute approximate surface area is 96.1 Å². The monoisotopic (exact) mass is 221 g/mol. The molecule has 0 radical (unpaired) electrons. The standard InChI is InChI=1S/C12H19N3O/c13-9-12(10-1-5-14-6-2-10)15-7-3-11(16)4-8-15/h1-2,5-6,11-12,16H,3-4,7-9,13H2. The largest absolute Gasteiger partial charge is 0.393 e. The summed E-state index contributed by atoms with van der Waals surface area (Å²) < 4.78 is 0.